The van der Waals surface area contributed by atoms with Crippen molar-refractivity contribution in [3.8, 4) is 0 Å². The second-order valence-electron chi connectivity index (χ2n) is 4.34. The number of aryl methyl sites for hydroxylation is 2. The lowest BCUT2D eigenvalue weighted by Crippen LogP contribution is -2.13. The summed E-state index contributed by atoms with van der Waals surface area (Å²) < 4.78 is 0. The predicted molar refractivity (Wildman–Crippen MR) is 67.1 cm³/mol. The van der Waals surface area contributed by atoms with E-state index in [2.05, 4.69) is 57.3 Å². The molecule has 0 atom stereocenters. The summed E-state index contributed by atoms with van der Waals surface area (Å²) in [4.78, 5) is 0. The highest BCUT2D eigenvalue weighted by atomic mass is 14.8. The SMILES string of the molecule is CC(C)=CCNCc1ccc(C)cc1C. The Morgan fingerprint density at radius 1 is 1.27 bits per heavy atom. The van der Waals surface area contributed by atoms with E-state index in [-0.39, 0.29) is 0 Å². The highest BCUT2D eigenvalue weighted by molar-refractivity contribution is 5.30. The van der Waals surface area contributed by atoms with Crippen LogP contribution in [0.25, 0.3) is 0 Å². The van der Waals surface area contributed by atoms with Crippen molar-refractivity contribution in [2.24, 2.45) is 0 Å². The van der Waals surface area contributed by atoms with E-state index in [1.54, 1.807) is 0 Å². The first kappa shape index (κ1) is 12.0. The van der Waals surface area contributed by atoms with Gasteiger partial charge in [0.05, 0.1) is 0 Å². The minimum Gasteiger partial charge on any atom is -0.309 e. The van der Waals surface area contributed by atoms with Crippen molar-refractivity contribution in [2.75, 3.05) is 6.54 Å². The van der Waals surface area contributed by atoms with Gasteiger partial charge in [-0.2, -0.15) is 0 Å². The van der Waals surface area contributed by atoms with Crippen LogP contribution in [0.1, 0.15) is 30.5 Å². The van der Waals surface area contributed by atoms with Crippen LogP contribution in [0.3, 0.4) is 0 Å². The Morgan fingerprint density at radius 3 is 2.60 bits per heavy atom. The first-order chi connectivity index (χ1) is 7.09. The Bertz CT molecular complexity index is 346. The standard InChI is InChI=1S/C14H21N/c1-11(2)7-8-15-10-14-6-5-12(3)9-13(14)4/h5-7,9,15H,8,10H2,1-4H3. The van der Waals surface area contributed by atoms with Crippen molar-refractivity contribution in [3.63, 3.8) is 0 Å². The van der Waals surface area contributed by atoms with E-state index in [1.807, 2.05) is 0 Å². The molecule has 1 nitrogen and oxygen atoms in total. The molecular weight excluding hydrogens is 182 g/mol. The van der Waals surface area contributed by atoms with Gasteiger partial charge in [-0.25, -0.2) is 0 Å². The highest BCUT2D eigenvalue weighted by Gasteiger charge is 1.96. The average Bonchev–Trinajstić information content (AvgIpc) is 2.14. The lowest BCUT2D eigenvalue weighted by atomic mass is 10.1. The van der Waals surface area contributed by atoms with E-state index >= 15 is 0 Å². The minimum atomic E-state index is 0.954. The summed E-state index contributed by atoms with van der Waals surface area (Å²) >= 11 is 0. The Labute approximate surface area is 93.2 Å². The van der Waals surface area contributed by atoms with Gasteiger partial charge in [0.25, 0.3) is 0 Å². The van der Waals surface area contributed by atoms with Gasteiger partial charge < -0.3 is 5.32 Å². The molecule has 0 amide bonds. The zero-order valence-corrected chi connectivity index (χ0v) is 10.2. The van der Waals surface area contributed by atoms with Gasteiger partial charge in [0.1, 0.15) is 0 Å². The second kappa shape index (κ2) is 5.72. The lowest BCUT2D eigenvalue weighted by molar-refractivity contribution is 0.753. The Kier molecular flexibility index (Phi) is 4.57. The largest absolute Gasteiger partial charge is 0.309 e. The van der Waals surface area contributed by atoms with Crippen LogP contribution in [0.4, 0.5) is 0 Å². The number of benzene rings is 1. The van der Waals surface area contributed by atoms with Gasteiger partial charge >= 0.3 is 0 Å². The summed E-state index contributed by atoms with van der Waals surface area (Å²) in [5, 5.41) is 3.42. The second-order valence-corrected chi connectivity index (χ2v) is 4.34. The van der Waals surface area contributed by atoms with E-state index in [0.717, 1.165) is 13.1 Å². The molecule has 1 N–H and O–H groups in total. The smallest absolute Gasteiger partial charge is 0.0211 e. The van der Waals surface area contributed by atoms with Crippen LogP contribution in [-0.2, 0) is 6.54 Å². The van der Waals surface area contributed by atoms with E-state index in [1.165, 1.54) is 22.3 Å². The summed E-state index contributed by atoms with van der Waals surface area (Å²) in [7, 11) is 0. The third-order valence-corrected chi connectivity index (χ3v) is 2.47. The van der Waals surface area contributed by atoms with Crippen LogP contribution >= 0.6 is 0 Å². The summed E-state index contributed by atoms with van der Waals surface area (Å²) in [6.07, 6.45) is 2.21. The first-order valence-corrected chi connectivity index (χ1v) is 5.50. The van der Waals surface area contributed by atoms with Gasteiger partial charge in [-0.3, -0.25) is 0 Å². The molecule has 1 heteroatoms. The Hall–Kier alpha value is -1.08. The molecule has 15 heavy (non-hydrogen) atoms. The number of hydrogen-bond donors (Lipinski definition) is 1. The fourth-order valence-corrected chi connectivity index (χ4v) is 1.53. The van der Waals surface area contributed by atoms with Gasteiger partial charge in [0.2, 0.25) is 0 Å². The number of allylic oxidation sites excluding steroid dienone is 1. The van der Waals surface area contributed by atoms with Crippen LogP contribution in [0, 0.1) is 13.8 Å². The molecule has 0 unspecified atom stereocenters. The molecule has 0 spiro atoms. The number of hydrogen-bond acceptors (Lipinski definition) is 1. The normalized spacial score (nSPS) is 10.1. The molecule has 0 aliphatic heterocycles. The summed E-state index contributed by atoms with van der Waals surface area (Å²) in [5.74, 6) is 0. The van der Waals surface area contributed by atoms with Crippen LogP contribution in [0.15, 0.2) is 29.8 Å². The molecule has 1 aromatic carbocycles. The Balaban J connectivity index is 2.47. The van der Waals surface area contributed by atoms with E-state index in [0.29, 0.717) is 0 Å². The van der Waals surface area contributed by atoms with Gasteiger partial charge in [-0.1, -0.05) is 35.4 Å². The van der Waals surface area contributed by atoms with E-state index < -0.39 is 0 Å². The van der Waals surface area contributed by atoms with Gasteiger partial charge in [0.15, 0.2) is 0 Å². The molecule has 0 bridgehead atoms. The van der Waals surface area contributed by atoms with Crippen molar-refractivity contribution in [3.05, 3.63) is 46.5 Å². The third-order valence-electron chi connectivity index (χ3n) is 2.47. The van der Waals surface area contributed by atoms with Crippen molar-refractivity contribution in [1.29, 1.82) is 0 Å². The molecule has 0 fully saturated rings. The minimum absolute atomic E-state index is 0.954. The van der Waals surface area contributed by atoms with Crippen LogP contribution in [-0.4, -0.2) is 6.54 Å². The fourth-order valence-electron chi connectivity index (χ4n) is 1.53. The molecule has 0 aromatic heterocycles. The summed E-state index contributed by atoms with van der Waals surface area (Å²) in [6.45, 7) is 10.5. The van der Waals surface area contributed by atoms with Gasteiger partial charge in [-0.05, 0) is 38.8 Å². The summed E-state index contributed by atoms with van der Waals surface area (Å²) in [5.41, 5.74) is 5.46. The molecule has 0 aliphatic carbocycles. The third kappa shape index (κ3) is 4.30. The number of rotatable bonds is 4. The molecule has 0 heterocycles. The lowest BCUT2D eigenvalue weighted by Gasteiger charge is -2.07. The van der Waals surface area contributed by atoms with E-state index in [9.17, 15) is 0 Å². The molecule has 1 aromatic rings. The van der Waals surface area contributed by atoms with Crippen LogP contribution < -0.4 is 5.32 Å². The molecule has 1 rings (SSSR count). The maximum absolute atomic E-state index is 3.42. The predicted octanol–water partition coefficient (Wildman–Crippen LogP) is 3.36. The fraction of sp³-hybridized carbons (Fsp3) is 0.429. The maximum atomic E-state index is 3.42. The molecule has 0 aliphatic rings. The molecule has 0 radical (unpaired) electrons. The zero-order chi connectivity index (χ0) is 11.3. The van der Waals surface area contributed by atoms with Crippen molar-refractivity contribution in [1.82, 2.24) is 5.32 Å². The molecule has 0 saturated carbocycles. The van der Waals surface area contributed by atoms with Gasteiger partial charge in [-0.15, -0.1) is 0 Å². The van der Waals surface area contributed by atoms with Crippen molar-refractivity contribution in [2.45, 2.75) is 34.2 Å². The van der Waals surface area contributed by atoms with Gasteiger partial charge in [0, 0.05) is 13.1 Å². The first-order valence-electron chi connectivity index (χ1n) is 5.50. The quantitative estimate of drug-likeness (QED) is 0.584. The highest BCUT2D eigenvalue weighted by Crippen LogP contribution is 2.09. The Morgan fingerprint density at radius 2 is 2.00 bits per heavy atom. The summed E-state index contributed by atoms with van der Waals surface area (Å²) in [6, 6.07) is 6.61. The molecular formula is C14H21N. The number of nitrogens with one attached hydrogen (secondary N) is 1. The maximum Gasteiger partial charge on any atom is 0.0211 e. The van der Waals surface area contributed by atoms with E-state index in [4.69, 9.17) is 0 Å². The van der Waals surface area contributed by atoms with Crippen molar-refractivity contribution < 1.29 is 0 Å². The topological polar surface area (TPSA) is 12.0 Å². The van der Waals surface area contributed by atoms with Crippen molar-refractivity contribution >= 4 is 0 Å². The monoisotopic (exact) mass is 203 g/mol. The molecule has 82 valence electrons. The zero-order valence-electron chi connectivity index (χ0n) is 10.2. The molecule has 0 saturated heterocycles. The van der Waals surface area contributed by atoms with Crippen LogP contribution in [0.5, 0.6) is 0 Å². The van der Waals surface area contributed by atoms with Crippen LogP contribution in [0.2, 0.25) is 0 Å². The average molecular weight is 203 g/mol.